The van der Waals surface area contributed by atoms with E-state index in [0.717, 1.165) is 18.4 Å². The van der Waals surface area contributed by atoms with Crippen molar-refractivity contribution in [3.63, 3.8) is 0 Å². The Morgan fingerprint density at radius 1 is 1.31 bits per heavy atom. The van der Waals surface area contributed by atoms with E-state index in [1.54, 1.807) is 12.1 Å². The van der Waals surface area contributed by atoms with E-state index in [0.29, 0.717) is 24.8 Å². The van der Waals surface area contributed by atoms with Crippen LogP contribution in [0.3, 0.4) is 0 Å². The van der Waals surface area contributed by atoms with E-state index >= 15 is 0 Å². The molecule has 0 amide bonds. The highest BCUT2D eigenvalue weighted by Crippen LogP contribution is 2.22. The van der Waals surface area contributed by atoms with Crippen LogP contribution in [-0.2, 0) is 17.9 Å². The quantitative estimate of drug-likeness (QED) is 0.851. The van der Waals surface area contributed by atoms with Crippen LogP contribution < -0.4 is 5.73 Å². The van der Waals surface area contributed by atoms with Gasteiger partial charge in [-0.25, -0.2) is 4.39 Å². The van der Waals surface area contributed by atoms with Gasteiger partial charge in [0.05, 0.1) is 12.7 Å². The van der Waals surface area contributed by atoms with Gasteiger partial charge in [-0.1, -0.05) is 18.9 Å². The number of hydrogen-bond acceptors (Lipinski definition) is 2. The third-order valence-electron chi connectivity index (χ3n) is 3.12. The van der Waals surface area contributed by atoms with Crippen molar-refractivity contribution in [1.82, 2.24) is 0 Å². The number of rotatable bonds is 4. The normalized spacial score (nSPS) is 16.9. The van der Waals surface area contributed by atoms with Crippen LogP contribution in [0, 0.1) is 5.82 Å². The molecule has 0 aliphatic heterocycles. The predicted octanol–water partition coefficient (Wildman–Crippen LogP) is 2.74. The first-order valence-corrected chi connectivity index (χ1v) is 5.88. The summed E-state index contributed by atoms with van der Waals surface area (Å²) in [5.74, 6) is -0.199. The minimum absolute atomic E-state index is 0.199. The zero-order valence-electron chi connectivity index (χ0n) is 9.42. The lowest BCUT2D eigenvalue weighted by molar-refractivity contribution is 0.0441. The number of hydrogen-bond donors (Lipinski definition) is 1. The van der Waals surface area contributed by atoms with Crippen molar-refractivity contribution in [2.45, 2.75) is 44.9 Å². The molecular weight excluding hydrogens is 205 g/mol. The highest BCUT2D eigenvalue weighted by molar-refractivity contribution is 5.24. The maximum atomic E-state index is 13.5. The van der Waals surface area contributed by atoms with Crippen LogP contribution in [0.4, 0.5) is 4.39 Å². The van der Waals surface area contributed by atoms with Gasteiger partial charge in [0.1, 0.15) is 5.82 Å². The first kappa shape index (κ1) is 11.6. The molecule has 0 unspecified atom stereocenters. The van der Waals surface area contributed by atoms with Gasteiger partial charge < -0.3 is 10.5 Å². The number of ether oxygens (including phenoxy) is 1. The van der Waals surface area contributed by atoms with E-state index in [9.17, 15) is 4.39 Å². The lowest BCUT2D eigenvalue weighted by atomic mass is 10.1. The van der Waals surface area contributed by atoms with Gasteiger partial charge in [-0.15, -0.1) is 0 Å². The molecule has 0 atom stereocenters. The van der Waals surface area contributed by atoms with Gasteiger partial charge in [0, 0.05) is 12.1 Å². The summed E-state index contributed by atoms with van der Waals surface area (Å²) in [7, 11) is 0. The minimum atomic E-state index is -0.199. The Hall–Kier alpha value is -0.930. The number of nitrogens with two attached hydrogens (primary N) is 1. The summed E-state index contributed by atoms with van der Waals surface area (Å²) >= 11 is 0. The highest BCUT2D eigenvalue weighted by Gasteiger charge is 2.16. The summed E-state index contributed by atoms with van der Waals surface area (Å²) in [6.45, 7) is 0.807. The number of halogens is 1. The molecule has 0 bridgehead atoms. The second-order valence-corrected chi connectivity index (χ2v) is 4.35. The smallest absolute Gasteiger partial charge is 0.128 e. The predicted molar refractivity (Wildman–Crippen MR) is 61.3 cm³/mol. The van der Waals surface area contributed by atoms with Crippen molar-refractivity contribution in [2.24, 2.45) is 5.73 Å². The molecule has 2 N–H and O–H groups in total. The lowest BCUT2D eigenvalue weighted by Crippen LogP contribution is -2.08. The van der Waals surface area contributed by atoms with Gasteiger partial charge in [0.2, 0.25) is 0 Å². The molecule has 1 saturated carbocycles. The molecule has 0 saturated heterocycles. The van der Waals surface area contributed by atoms with Crippen molar-refractivity contribution >= 4 is 0 Å². The number of benzene rings is 1. The first-order valence-electron chi connectivity index (χ1n) is 5.88. The fourth-order valence-electron chi connectivity index (χ4n) is 2.13. The van der Waals surface area contributed by atoms with Crippen LogP contribution in [0.5, 0.6) is 0 Å². The molecule has 0 spiro atoms. The average molecular weight is 223 g/mol. The second-order valence-electron chi connectivity index (χ2n) is 4.35. The van der Waals surface area contributed by atoms with E-state index in [4.69, 9.17) is 10.5 Å². The van der Waals surface area contributed by atoms with Crippen molar-refractivity contribution in [3.8, 4) is 0 Å². The Kier molecular flexibility index (Phi) is 3.91. The van der Waals surface area contributed by atoms with E-state index < -0.39 is 0 Å². The summed E-state index contributed by atoms with van der Waals surface area (Å²) in [4.78, 5) is 0. The maximum absolute atomic E-state index is 13.5. The topological polar surface area (TPSA) is 35.2 Å². The third kappa shape index (κ3) is 2.80. The molecule has 1 fully saturated rings. The Labute approximate surface area is 95.6 Å². The zero-order valence-corrected chi connectivity index (χ0v) is 9.42. The summed E-state index contributed by atoms with van der Waals surface area (Å²) in [5.41, 5.74) is 7.09. The molecule has 0 radical (unpaired) electrons. The Morgan fingerprint density at radius 3 is 2.75 bits per heavy atom. The van der Waals surface area contributed by atoms with Crippen LogP contribution in [0.15, 0.2) is 18.2 Å². The molecule has 1 aromatic rings. The van der Waals surface area contributed by atoms with Crippen LogP contribution in [0.25, 0.3) is 0 Å². The molecule has 88 valence electrons. The van der Waals surface area contributed by atoms with Gasteiger partial charge in [-0.2, -0.15) is 0 Å². The van der Waals surface area contributed by atoms with Crippen molar-refractivity contribution in [2.75, 3.05) is 0 Å². The zero-order chi connectivity index (χ0) is 11.4. The summed E-state index contributed by atoms with van der Waals surface area (Å²) in [5, 5.41) is 0. The molecule has 3 heteroatoms. The Morgan fingerprint density at radius 2 is 2.06 bits per heavy atom. The fourth-order valence-corrected chi connectivity index (χ4v) is 2.13. The van der Waals surface area contributed by atoms with Crippen LogP contribution in [-0.4, -0.2) is 6.10 Å². The van der Waals surface area contributed by atoms with Gasteiger partial charge in [-0.05, 0) is 30.5 Å². The molecule has 1 aliphatic rings. The maximum Gasteiger partial charge on any atom is 0.128 e. The van der Waals surface area contributed by atoms with Crippen LogP contribution >= 0.6 is 0 Å². The van der Waals surface area contributed by atoms with Gasteiger partial charge in [0.15, 0.2) is 0 Å². The molecule has 0 heterocycles. The summed E-state index contributed by atoms with van der Waals surface area (Å²) in [6.07, 6.45) is 5.00. The molecule has 16 heavy (non-hydrogen) atoms. The van der Waals surface area contributed by atoms with Crippen molar-refractivity contribution < 1.29 is 9.13 Å². The Balaban J connectivity index is 1.96. The molecule has 1 aliphatic carbocycles. The monoisotopic (exact) mass is 223 g/mol. The van der Waals surface area contributed by atoms with Gasteiger partial charge in [-0.3, -0.25) is 0 Å². The summed E-state index contributed by atoms with van der Waals surface area (Å²) in [6, 6.07) is 4.98. The van der Waals surface area contributed by atoms with E-state index in [-0.39, 0.29) is 5.82 Å². The van der Waals surface area contributed by atoms with E-state index in [1.165, 1.54) is 18.9 Å². The van der Waals surface area contributed by atoms with Crippen molar-refractivity contribution in [1.29, 1.82) is 0 Å². The fraction of sp³-hybridized carbons (Fsp3) is 0.538. The summed E-state index contributed by atoms with van der Waals surface area (Å²) < 4.78 is 19.1. The molecular formula is C13H18FNO. The van der Waals surface area contributed by atoms with Crippen molar-refractivity contribution in [3.05, 3.63) is 35.1 Å². The van der Waals surface area contributed by atoms with Gasteiger partial charge >= 0.3 is 0 Å². The molecule has 2 nitrogen and oxygen atoms in total. The standard InChI is InChI=1S/C13H18FNO/c14-13-6-5-10(8-15)7-11(13)9-16-12-3-1-2-4-12/h5-7,12H,1-4,8-9,15H2. The van der Waals surface area contributed by atoms with Gasteiger partial charge in [0.25, 0.3) is 0 Å². The minimum Gasteiger partial charge on any atom is -0.373 e. The van der Waals surface area contributed by atoms with E-state index in [2.05, 4.69) is 0 Å². The van der Waals surface area contributed by atoms with Crippen LogP contribution in [0.1, 0.15) is 36.8 Å². The molecule has 1 aromatic carbocycles. The largest absolute Gasteiger partial charge is 0.373 e. The van der Waals surface area contributed by atoms with Crippen LogP contribution in [0.2, 0.25) is 0 Å². The average Bonchev–Trinajstić information content (AvgIpc) is 2.81. The lowest BCUT2D eigenvalue weighted by Gasteiger charge is -2.12. The SMILES string of the molecule is NCc1ccc(F)c(COC2CCCC2)c1. The Bertz CT molecular complexity index is 348. The first-order chi connectivity index (χ1) is 7.79. The van der Waals surface area contributed by atoms with E-state index in [1.807, 2.05) is 0 Å². The third-order valence-corrected chi connectivity index (χ3v) is 3.12. The highest BCUT2D eigenvalue weighted by atomic mass is 19.1. The molecule has 2 rings (SSSR count). The second kappa shape index (κ2) is 5.41. The molecule has 0 aromatic heterocycles.